The minimum atomic E-state index is -1.34. The lowest BCUT2D eigenvalue weighted by molar-refractivity contribution is -0.129. The molecular formula is C22H36N4O4. The second-order valence-electron chi connectivity index (χ2n) is 7.85. The number of nitrogens with two attached hydrogens (primary N) is 2. The Bertz CT molecular complexity index is 676. The molecule has 1 aromatic rings. The molecule has 0 fully saturated rings. The number of amides is 3. The van der Waals surface area contributed by atoms with Crippen molar-refractivity contribution in [1.82, 2.24) is 10.6 Å². The van der Waals surface area contributed by atoms with Crippen LogP contribution in [0.3, 0.4) is 0 Å². The van der Waals surface area contributed by atoms with E-state index in [1.165, 1.54) is 24.8 Å². The van der Waals surface area contributed by atoms with Crippen molar-refractivity contribution in [3.8, 4) is 0 Å². The summed E-state index contributed by atoms with van der Waals surface area (Å²) in [6.07, 6.45) is 4.37. The largest absolute Gasteiger partial charge is 0.378 e. The Hall–Kier alpha value is -2.45. The molecule has 2 unspecified atom stereocenters. The molecule has 0 saturated heterocycles. The van der Waals surface area contributed by atoms with Gasteiger partial charge >= 0.3 is 0 Å². The minimum Gasteiger partial charge on any atom is -0.378 e. The zero-order valence-electron chi connectivity index (χ0n) is 18.3. The number of benzene rings is 1. The van der Waals surface area contributed by atoms with Gasteiger partial charge in [0.25, 0.3) is 11.8 Å². The Morgan fingerprint density at radius 1 is 1.00 bits per heavy atom. The van der Waals surface area contributed by atoms with Crippen LogP contribution in [-0.4, -0.2) is 43.1 Å². The van der Waals surface area contributed by atoms with Gasteiger partial charge in [0, 0.05) is 12.2 Å². The molecule has 0 spiro atoms. The van der Waals surface area contributed by atoms with Crippen LogP contribution >= 0.6 is 0 Å². The Labute approximate surface area is 179 Å². The maximum atomic E-state index is 12.6. The maximum absolute atomic E-state index is 12.6. The topological polar surface area (TPSA) is 137 Å². The van der Waals surface area contributed by atoms with Crippen molar-refractivity contribution in [3.05, 3.63) is 35.4 Å². The first-order chi connectivity index (χ1) is 14.2. The molecule has 0 heterocycles. The van der Waals surface area contributed by atoms with Gasteiger partial charge in [-0.05, 0) is 36.5 Å². The Morgan fingerprint density at radius 3 is 2.23 bits per heavy atom. The predicted molar refractivity (Wildman–Crippen MR) is 117 cm³/mol. The highest BCUT2D eigenvalue weighted by atomic mass is 16.5. The number of hydrogen-bond donors (Lipinski definition) is 4. The average Bonchev–Trinajstić information content (AvgIpc) is 2.70. The van der Waals surface area contributed by atoms with Gasteiger partial charge < -0.3 is 26.8 Å². The van der Waals surface area contributed by atoms with E-state index in [-0.39, 0.29) is 12.5 Å². The van der Waals surface area contributed by atoms with E-state index in [0.717, 1.165) is 12.8 Å². The van der Waals surface area contributed by atoms with Crippen molar-refractivity contribution in [2.45, 2.75) is 65.1 Å². The summed E-state index contributed by atoms with van der Waals surface area (Å²) in [6, 6.07) is 6.32. The van der Waals surface area contributed by atoms with Crippen molar-refractivity contribution in [3.63, 3.8) is 0 Å². The Kier molecular flexibility index (Phi) is 11.7. The van der Waals surface area contributed by atoms with Crippen molar-refractivity contribution in [2.24, 2.45) is 17.4 Å². The number of nitrogens with one attached hydrogen (secondary N) is 2. The fraction of sp³-hybridized carbons (Fsp3) is 0.591. The van der Waals surface area contributed by atoms with Gasteiger partial charge in [-0.1, -0.05) is 52.2 Å². The second-order valence-corrected chi connectivity index (χ2v) is 7.85. The lowest BCUT2D eigenvalue weighted by atomic mass is 10.0. The van der Waals surface area contributed by atoms with E-state index in [2.05, 4.69) is 17.6 Å². The van der Waals surface area contributed by atoms with Gasteiger partial charge in [-0.15, -0.1) is 0 Å². The van der Waals surface area contributed by atoms with E-state index in [9.17, 15) is 14.4 Å². The van der Waals surface area contributed by atoms with E-state index in [1.54, 1.807) is 12.1 Å². The molecule has 30 heavy (non-hydrogen) atoms. The first kappa shape index (κ1) is 25.6. The summed E-state index contributed by atoms with van der Waals surface area (Å²) >= 11 is 0. The van der Waals surface area contributed by atoms with Crippen molar-refractivity contribution in [1.29, 1.82) is 0 Å². The summed E-state index contributed by atoms with van der Waals surface area (Å²) in [5.41, 5.74) is 12.2. The summed E-state index contributed by atoms with van der Waals surface area (Å²) in [6.45, 7) is 6.50. The summed E-state index contributed by atoms with van der Waals surface area (Å²) in [5, 5.41) is 4.93. The first-order valence-electron chi connectivity index (χ1n) is 10.6. The number of unbranched alkanes of at least 4 members (excludes halogenated alkanes) is 3. The number of aryl methyl sites for hydroxylation is 1. The van der Waals surface area contributed by atoms with E-state index in [4.69, 9.17) is 16.2 Å². The molecule has 1 aromatic carbocycles. The third-order valence-corrected chi connectivity index (χ3v) is 4.50. The molecule has 1 rings (SSSR count). The summed E-state index contributed by atoms with van der Waals surface area (Å²) in [5.74, 6) is -1.65. The summed E-state index contributed by atoms with van der Waals surface area (Å²) < 4.78 is 5.51. The smallest absolute Gasteiger partial charge is 0.254 e. The first-order valence-corrected chi connectivity index (χ1v) is 10.6. The normalized spacial score (nSPS) is 13.0. The fourth-order valence-corrected chi connectivity index (χ4v) is 2.75. The summed E-state index contributed by atoms with van der Waals surface area (Å²) in [7, 11) is 0. The molecular weight excluding hydrogens is 384 g/mol. The van der Waals surface area contributed by atoms with Gasteiger partial charge in [0.1, 0.15) is 6.04 Å². The Morgan fingerprint density at radius 2 is 1.67 bits per heavy atom. The molecule has 3 amide bonds. The molecule has 8 heteroatoms. The van der Waals surface area contributed by atoms with Crippen molar-refractivity contribution in [2.75, 3.05) is 13.2 Å². The van der Waals surface area contributed by atoms with Gasteiger partial charge in [-0.2, -0.15) is 0 Å². The molecule has 6 N–H and O–H groups in total. The Balaban J connectivity index is 2.72. The molecule has 0 bridgehead atoms. The number of carbonyl (C=O) groups is 3. The monoisotopic (exact) mass is 420 g/mol. The maximum Gasteiger partial charge on any atom is 0.254 e. The molecule has 0 aliphatic heterocycles. The van der Waals surface area contributed by atoms with Gasteiger partial charge in [0.05, 0.1) is 6.61 Å². The lowest BCUT2D eigenvalue weighted by Crippen LogP contribution is -2.57. The van der Waals surface area contributed by atoms with Crippen LogP contribution in [0.2, 0.25) is 0 Å². The molecule has 2 atom stereocenters. The van der Waals surface area contributed by atoms with Crippen molar-refractivity contribution >= 4 is 17.7 Å². The van der Waals surface area contributed by atoms with Gasteiger partial charge in [-0.25, -0.2) is 0 Å². The lowest BCUT2D eigenvalue weighted by Gasteiger charge is -2.21. The number of primary amides is 1. The quantitative estimate of drug-likeness (QED) is 0.267. The highest BCUT2D eigenvalue weighted by molar-refractivity contribution is 5.98. The molecule has 0 saturated carbocycles. The molecule has 8 nitrogen and oxygen atoms in total. The van der Waals surface area contributed by atoms with Crippen LogP contribution in [0.25, 0.3) is 0 Å². The number of rotatable bonds is 14. The third-order valence-electron chi connectivity index (χ3n) is 4.50. The van der Waals surface area contributed by atoms with Crippen LogP contribution in [0.4, 0.5) is 0 Å². The van der Waals surface area contributed by atoms with Crippen LogP contribution in [0.1, 0.15) is 62.4 Å². The molecule has 168 valence electrons. The third kappa shape index (κ3) is 9.84. The van der Waals surface area contributed by atoms with Crippen LogP contribution in [0, 0.1) is 5.92 Å². The highest BCUT2D eigenvalue weighted by Crippen LogP contribution is 2.10. The predicted octanol–water partition coefficient (Wildman–Crippen LogP) is 1.47. The van der Waals surface area contributed by atoms with Gasteiger partial charge in [-0.3, -0.25) is 14.4 Å². The van der Waals surface area contributed by atoms with E-state index < -0.39 is 29.9 Å². The fourth-order valence-electron chi connectivity index (χ4n) is 2.75. The van der Waals surface area contributed by atoms with E-state index in [1.807, 2.05) is 26.0 Å². The van der Waals surface area contributed by atoms with Crippen LogP contribution in [0.15, 0.2) is 24.3 Å². The zero-order valence-corrected chi connectivity index (χ0v) is 18.3. The van der Waals surface area contributed by atoms with Crippen LogP contribution < -0.4 is 22.1 Å². The number of ether oxygens (including phenoxy) is 1. The molecule has 0 aliphatic carbocycles. The average molecular weight is 421 g/mol. The molecule has 0 aromatic heterocycles. The number of hydrogen-bond acceptors (Lipinski definition) is 5. The minimum absolute atomic E-state index is 0.0449. The van der Waals surface area contributed by atoms with Crippen LogP contribution in [0.5, 0.6) is 0 Å². The second kappa shape index (κ2) is 13.7. The van der Waals surface area contributed by atoms with Gasteiger partial charge in [0.15, 0.2) is 6.17 Å². The van der Waals surface area contributed by atoms with Crippen molar-refractivity contribution < 1.29 is 19.1 Å². The standard InChI is InChI=1S/C22H36N4O4/c1-4-5-6-7-8-16-9-11-17(12-10-16)21(28)25-18(14-30-13-15(2)3)22(29)26-19(23)20(24)27/h9-12,15,18-19H,4-8,13-14,23H2,1-3H3,(H2,24,27)(H,25,28)(H,26,29). The van der Waals surface area contributed by atoms with E-state index >= 15 is 0 Å². The summed E-state index contributed by atoms with van der Waals surface area (Å²) in [4.78, 5) is 36.2. The van der Waals surface area contributed by atoms with Crippen LogP contribution in [-0.2, 0) is 20.7 Å². The highest BCUT2D eigenvalue weighted by Gasteiger charge is 2.24. The zero-order chi connectivity index (χ0) is 22.5. The molecule has 0 aliphatic rings. The number of carbonyl (C=O) groups excluding carboxylic acids is 3. The SMILES string of the molecule is CCCCCCc1ccc(C(=O)NC(COCC(C)C)C(=O)NC(N)C(N)=O)cc1. The van der Waals surface area contributed by atoms with Gasteiger partial charge in [0.2, 0.25) is 5.91 Å². The van der Waals surface area contributed by atoms with E-state index in [0.29, 0.717) is 12.2 Å². The molecule has 0 radical (unpaired) electrons.